The number of pyridine rings is 1. The number of nitrogens with zero attached hydrogens (tertiary/aromatic N) is 1. The molecule has 1 aromatic carbocycles. The van der Waals surface area contributed by atoms with Crippen LogP contribution in [0.3, 0.4) is 0 Å². The molecule has 3 nitrogen and oxygen atoms in total. The van der Waals surface area contributed by atoms with Gasteiger partial charge in [-0.05, 0) is 60.3 Å². The van der Waals surface area contributed by atoms with E-state index in [1.165, 1.54) is 18.4 Å². The van der Waals surface area contributed by atoms with Crippen molar-refractivity contribution in [2.24, 2.45) is 5.92 Å². The summed E-state index contributed by atoms with van der Waals surface area (Å²) < 4.78 is 1.89. The molecule has 1 N–H and O–H groups in total. The largest absolute Gasteiger partial charge is 0.316 e. The Morgan fingerprint density at radius 1 is 1.27 bits per heavy atom. The topological polar surface area (TPSA) is 34.0 Å². The molecule has 2 heterocycles. The fraction of sp³-hybridized carbons (Fsp3) is 0.526. The Morgan fingerprint density at radius 2 is 2.09 bits per heavy atom. The highest BCUT2D eigenvalue weighted by Crippen LogP contribution is 2.25. The lowest BCUT2D eigenvalue weighted by atomic mass is 9.86. The van der Waals surface area contributed by atoms with E-state index in [2.05, 4.69) is 44.3 Å². The lowest BCUT2D eigenvalue weighted by Gasteiger charge is -2.23. The van der Waals surface area contributed by atoms with E-state index in [-0.39, 0.29) is 11.0 Å². The normalized spacial score (nSPS) is 19.5. The third-order valence-corrected chi connectivity index (χ3v) is 4.70. The predicted octanol–water partition coefficient (Wildman–Crippen LogP) is 3.30. The van der Waals surface area contributed by atoms with Crippen molar-refractivity contribution in [1.29, 1.82) is 0 Å². The summed E-state index contributed by atoms with van der Waals surface area (Å²) in [6, 6.07) is 8.33. The summed E-state index contributed by atoms with van der Waals surface area (Å²) in [5.41, 5.74) is 1.52. The third kappa shape index (κ3) is 3.09. The van der Waals surface area contributed by atoms with Gasteiger partial charge in [0.05, 0.1) is 0 Å². The molecule has 118 valence electrons. The Morgan fingerprint density at radius 3 is 2.77 bits per heavy atom. The minimum absolute atomic E-state index is 0.108. The van der Waals surface area contributed by atoms with Gasteiger partial charge in [-0.15, -0.1) is 0 Å². The zero-order valence-electron chi connectivity index (χ0n) is 13.9. The first-order chi connectivity index (χ1) is 10.4. The van der Waals surface area contributed by atoms with Gasteiger partial charge in [-0.2, -0.15) is 0 Å². The number of rotatable bonds is 2. The van der Waals surface area contributed by atoms with E-state index in [1.807, 2.05) is 16.8 Å². The van der Waals surface area contributed by atoms with Gasteiger partial charge in [0.15, 0.2) is 0 Å². The number of hydrogen-bond donors (Lipinski definition) is 1. The van der Waals surface area contributed by atoms with E-state index in [0.29, 0.717) is 5.92 Å². The quantitative estimate of drug-likeness (QED) is 0.923. The van der Waals surface area contributed by atoms with E-state index in [4.69, 9.17) is 0 Å². The monoisotopic (exact) mass is 298 g/mol. The lowest BCUT2D eigenvalue weighted by molar-refractivity contribution is 0.334. The first kappa shape index (κ1) is 15.3. The summed E-state index contributed by atoms with van der Waals surface area (Å²) in [5, 5.41) is 5.30. The van der Waals surface area contributed by atoms with Crippen molar-refractivity contribution in [3.63, 3.8) is 0 Å². The summed E-state index contributed by atoms with van der Waals surface area (Å²) in [4.78, 5) is 12.7. The SMILES string of the molecule is CC(C)(C)c1ccc2c(=O)n(CC3CCCNC3)ccc2c1. The van der Waals surface area contributed by atoms with Crippen LogP contribution in [-0.2, 0) is 12.0 Å². The molecule has 0 aliphatic carbocycles. The molecule has 2 aromatic rings. The Bertz CT molecular complexity index is 718. The zero-order chi connectivity index (χ0) is 15.7. The number of benzene rings is 1. The van der Waals surface area contributed by atoms with Gasteiger partial charge in [-0.3, -0.25) is 4.79 Å². The molecule has 1 atom stereocenters. The van der Waals surface area contributed by atoms with Crippen molar-refractivity contribution in [3.05, 3.63) is 46.4 Å². The highest BCUT2D eigenvalue weighted by Gasteiger charge is 2.16. The van der Waals surface area contributed by atoms with Crippen LogP contribution >= 0.6 is 0 Å². The zero-order valence-corrected chi connectivity index (χ0v) is 13.9. The van der Waals surface area contributed by atoms with Gasteiger partial charge >= 0.3 is 0 Å². The van der Waals surface area contributed by atoms with Crippen molar-refractivity contribution >= 4 is 10.8 Å². The number of aromatic nitrogens is 1. The first-order valence-electron chi connectivity index (χ1n) is 8.29. The first-order valence-corrected chi connectivity index (χ1v) is 8.29. The molecule has 1 aliphatic rings. The Balaban J connectivity index is 1.94. The minimum atomic E-state index is 0.108. The molecule has 1 aromatic heterocycles. The molecule has 0 bridgehead atoms. The van der Waals surface area contributed by atoms with Crippen molar-refractivity contribution in [2.45, 2.75) is 45.6 Å². The Labute approximate surface area is 132 Å². The van der Waals surface area contributed by atoms with Crippen LogP contribution in [0.2, 0.25) is 0 Å². The molecule has 1 fully saturated rings. The molecule has 0 spiro atoms. The van der Waals surface area contributed by atoms with E-state index in [9.17, 15) is 4.79 Å². The highest BCUT2D eigenvalue weighted by molar-refractivity contribution is 5.82. The molecule has 0 radical (unpaired) electrons. The van der Waals surface area contributed by atoms with E-state index < -0.39 is 0 Å². The number of piperidine rings is 1. The summed E-state index contributed by atoms with van der Waals surface area (Å²) in [6.45, 7) is 9.55. The molecule has 1 unspecified atom stereocenters. The molecular formula is C19H26N2O. The van der Waals surface area contributed by atoms with Crippen LogP contribution < -0.4 is 10.9 Å². The summed E-state index contributed by atoms with van der Waals surface area (Å²) in [7, 11) is 0. The number of nitrogens with one attached hydrogen (secondary N) is 1. The van der Waals surface area contributed by atoms with Crippen LogP contribution in [0.25, 0.3) is 10.8 Å². The van der Waals surface area contributed by atoms with E-state index in [0.717, 1.165) is 30.4 Å². The van der Waals surface area contributed by atoms with Crippen molar-refractivity contribution in [1.82, 2.24) is 9.88 Å². The predicted molar refractivity (Wildman–Crippen MR) is 92.5 cm³/mol. The standard InChI is InChI=1S/C19H26N2O/c1-19(2,3)16-6-7-17-15(11-16)8-10-21(18(17)22)13-14-5-4-9-20-12-14/h6-8,10-11,14,20H,4-5,9,12-13H2,1-3H3. The Kier molecular flexibility index (Phi) is 4.09. The van der Waals surface area contributed by atoms with Crippen LogP contribution in [0.1, 0.15) is 39.2 Å². The van der Waals surface area contributed by atoms with Crippen LogP contribution in [0.4, 0.5) is 0 Å². The van der Waals surface area contributed by atoms with Crippen LogP contribution in [0.15, 0.2) is 35.3 Å². The molecule has 1 saturated heterocycles. The van der Waals surface area contributed by atoms with Gasteiger partial charge in [0.25, 0.3) is 5.56 Å². The summed E-state index contributed by atoms with van der Waals surface area (Å²) in [6.07, 6.45) is 4.38. The number of hydrogen-bond acceptors (Lipinski definition) is 2. The average molecular weight is 298 g/mol. The van der Waals surface area contributed by atoms with E-state index >= 15 is 0 Å². The minimum Gasteiger partial charge on any atom is -0.316 e. The van der Waals surface area contributed by atoms with Gasteiger partial charge in [0.1, 0.15) is 0 Å². The van der Waals surface area contributed by atoms with Crippen LogP contribution in [-0.4, -0.2) is 17.7 Å². The molecule has 0 amide bonds. The summed E-state index contributed by atoms with van der Waals surface area (Å²) >= 11 is 0. The van der Waals surface area contributed by atoms with Crippen LogP contribution in [0.5, 0.6) is 0 Å². The fourth-order valence-electron chi connectivity index (χ4n) is 3.26. The fourth-order valence-corrected chi connectivity index (χ4v) is 3.26. The summed E-state index contributed by atoms with van der Waals surface area (Å²) in [5.74, 6) is 0.567. The van der Waals surface area contributed by atoms with Crippen molar-refractivity contribution < 1.29 is 0 Å². The average Bonchev–Trinajstić information content (AvgIpc) is 2.50. The van der Waals surface area contributed by atoms with Crippen molar-refractivity contribution in [3.8, 4) is 0 Å². The van der Waals surface area contributed by atoms with Crippen LogP contribution in [0, 0.1) is 5.92 Å². The Hall–Kier alpha value is -1.61. The maximum absolute atomic E-state index is 12.7. The van der Waals surface area contributed by atoms with Gasteiger partial charge in [0, 0.05) is 18.1 Å². The molecule has 1 aliphatic heterocycles. The number of fused-ring (bicyclic) bond motifs is 1. The second-order valence-corrected chi connectivity index (χ2v) is 7.54. The van der Waals surface area contributed by atoms with Gasteiger partial charge in [0.2, 0.25) is 0 Å². The smallest absolute Gasteiger partial charge is 0.258 e. The van der Waals surface area contributed by atoms with Gasteiger partial charge in [-0.1, -0.05) is 32.9 Å². The second kappa shape index (κ2) is 5.88. The molecular weight excluding hydrogens is 272 g/mol. The van der Waals surface area contributed by atoms with E-state index in [1.54, 1.807) is 0 Å². The molecule has 3 heteroatoms. The third-order valence-electron chi connectivity index (χ3n) is 4.70. The highest BCUT2D eigenvalue weighted by atomic mass is 16.1. The maximum atomic E-state index is 12.7. The van der Waals surface area contributed by atoms with Gasteiger partial charge in [-0.25, -0.2) is 0 Å². The molecule has 22 heavy (non-hydrogen) atoms. The molecule has 3 rings (SSSR count). The second-order valence-electron chi connectivity index (χ2n) is 7.54. The molecule has 0 saturated carbocycles. The lowest BCUT2D eigenvalue weighted by Crippen LogP contribution is -2.34. The van der Waals surface area contributed by atoms with Gasteiger partial charge < -0.3 is 9.88 Å². The van der Waals surface area contributed by atoms with Crippen molar-refractivity contribution in [2.75, 3.05) is 13.1 Å². The maximum Gasteiger partial charge on any atom is 0.258 e.